The van der Waals surface area contributed by atoms with Crippen molar-refractivity contribution in [3.8, 4) is 55.6 Å². The third kappa shape index (κ3) is 6.43. The van der Waals surface area contributed by atoms with Crippen LogP contribution in [0.1, 0.15) is 22.3 Å². The van der Waals surface area contributed by atoms with Crippen molar-refractivity contribution in [1.82, 2.24) is 0 Å². The maximum absolute atomic E-state index is 2.47. The van der Waals surface area contributed by atoms with Crippen molar-refractivity contribution in [2.75, 3.05) is 4.90 Å². The molecular formula is C61H43N. The summed E-state index contributed by atoms with van der Waals surface area (Å²) in [7, 11) is 0. The number of anilines is 3. The molecule has 0 bridgehead atoms. The van der Waals surface area contributed by atoms with E-state index in [-0.39, 0.29) is 0 Å². The van der Waals surface area contributed by atoms with E-state index in [0.717, 1.165) is 17.1 Å². The molecule has 0 unspecified atom stereocenters. The van der Waals surface area contributed by atoms with Gasteiger partial charge in [-0.2, -0.15) is 0 Å². The van der Waals surface area contributed by atoms with E-state index in [0.29, 0.717) is 0 Å². The molecule has 0 atom stereocenters. The Bertz CT molecular complexity index is 3100. The summed E-state index contributed by atoms with van der Waals surface area (Å²) in [6.45, 7) is 0. The monoisotopic (exact) mass is 789 g/mol. The summed E-state index contributed by atoms with van der Waals surface area (Å²) in [6, 6.07) is 95.3. The normalized spacial score (nSPS) is 12.3. The quantitative estimate of drug-likeness (QED) is 0.141. The minimum Gasteiger partial charge on any atom is -0.310 e. The van der Waals surface area contributed by atoms with Crippen molar-refractivity contribution >= 4 is 17.1 Å². The molecule has 0 aromatic heterocycles. The Morgan fingerprint density at radius 3 is 1.23 bits per heavy atom. The highest BCUT2D eigenvalue weighted by molar-refractivity contribution is 5.93. The third-order valence-electron chi connectivity index (χ3n) is 12.6. The SMILES string of the molecule is c1ccc(-c2ccc(N(c3cccc(-c4ccccc4)c3)c3ccc4c(c3)C(c3ccccc3)(c3ccccc3)c3cc(-c5ccccc5-c5ccccc5)ccc3-4)cc2)cc1. The molecule has 0 spiro atoms. The van der Waals surface area contributed by atoms with Gasteiger partial charge in [-0.1, -0.05) is 218 Å². The lowest BCUT2D eigenvalue weighted by Gasteiger charge is -2.35. The molecule has 10 aromatic carbocycles. The molecule has 1 aliphatic rings. The fraction of sp³-hybridized carbons (Fsp3) is 0.0164. The Hall–Kier alpha value is -8.00. The molecule has 1 nitrogen and oxygen atoms in total. The molecule has 0 heterocycles. The Labute approximate surface area is 364 Å². The maximum atomic E-state index is 2.47. The fourth-order valence-electron chi connectivity index (χ4n) is 9.72. The van der Waals surface area contributed by atoms with Gasteiger partial charge in [0.2, 0.25) is 0 Å². The lowest BCUT2D eigenvalue weighted by atomic mass is 9.67. The second-order valence-electron chi connectivity index (χ2n) is 16.0. The molecule has 0 radical (unpaired) electrons. The Morgan fingerprint density at radius 1 is 0.226 bits per heavy atom. The predicted molar refractivity (Wildman–Crippen MR) is 260 cm³/mol. The van der Waals surface area contributed by atoms with Crippen LogP contribution in [0.3, 0.4) is 0 Å². The van der Waals surface area contributed by atoms with Gasteiger partial charge in [-0.05, 0) is 120 Å². The summed E-state index contributed by atoms with van der Waals surface area (Å²) >= 11 is 0. The number of hydrogen-bond acceptors (Lipinski definition) is 1. The smallest absolute Gasteiger partial charge is 0.0714 e. The van der Waals surface area contributed by atoms with Crippen LogP contribution in [0.2, 0.25) is 0 Å². The first-order valence-corrected chi connectivity index (χ1v) is 21.4. The molecular weight excluding hydrogens is 747 g/mol. The van der Waals surface area contributed by atoms with Crippen molar-refractivity contribution in [1.29, 1.82) is 0 Å². The zero-order valence-corrected chi connectivity index (χ0v) is 34.3. The van der Waals surface area contributed by atoms with Gasteiger partial charge in [0.15, 0.2) is 0 Å². The van der Waals surface area contributed by atoms with E-state index in [1.165, 1.54) is 77.9 Å². The standard InChI is InChI=1S/C61H43N/c1-6-19-44(20-7-1)46-33-36-52(37-34-46)62(53-30-18-25-48(41-53)45-21-8-2-9-22-45)54-38-40-58-57-39-35-49(56-32-17-16-31-55(56)47-23-10-3-11-24-47)42-59(57)61(60(58)43-54,50-26-12-4-13-27-50)51-28-14-5-15-29-51/h1-43H. The highest BCUT2D eigenvalue weighted by Gasteiger charge is 2.46. The van der Waals surface area contributed by atoms with Gasteiger partial charge in [0.1, 0.15) is 0 Å². The Balaban J connectivity index is 1.14. The van der Waals surface area contributed by atoms with Crippen molar-refractivity contribution < 1.29 is 0 Å². The summed E-state index contributed by atoms with van der Waals surface area (Å²) in [4.78, 5) is 2.42. The van der Waals surface area contributed by atoms with Gasteiger partial charge in [-0.15, -0.1) is 0 Å². The van der Waals surface area contributed by atoms with Gasteiger partial charge in [0.25, 0.3) is 0 Å². The molecule has 62 heavy (non-hydrogen) atoms. The topological polar surface area (TPSA) is 3.24 Å². The van der Waals surface area contributed by atoms with Crippen LogP contribution in [0.25, 0.3) is 55.6 Å². The molecule has 0 fully saturated rings. The Kier molecular flexibility index (Phi) is 9.48. The van der Waals surface area contributed by atoms with Crippen LogP contribution in [0, 0.1) is 0 Å². The number of rotatable bonds is 9. The first-order chi connectivity index (χ1) is 30.8. The molecule has 0 saturated carbocycles. The molecule has 1 heteroatoms. The Morgan fingerprint density at radius 2 is 0.629 bits per heavy atom. The van der Waals surface area contributed by atoms with E-state index >= 15 is 0 Å². The molecule has 10 aromatic rings. The van der Waals surface area contributed by atoms with Crippen molar-refractivity contribution in [2.45, 2.75) is 5.41 Å². The van der Waals surface area contributed by atoms with E-state index in [2.05, 4.69) is 266 Å². The highest BCUT2D eigenvalue weighted by atomic mass is 15.1. The van der Waals surface area contributed by atoms with Crippen molar-refractivity contribution in [3.05, 3.63) is 283 Å². The van der Waals surface area contributed by atoms with E-state index in [9.17, 15) is 0 Å². The van der Waals surface area contributed by atoms with E-state index in [1.54, 1.807) is 0 Å². The minimum absolute atomic E-state index is 0.602. The summed E-state index contributed by atoms with van der Waals surface area (Å²) in [5.74, 6) is 0. The van der Waals surface area contributed by atoms with E-state index in [1.807, 2.05) is 0 Å². The van der Waals surface area contributed by atoms with Crippen molar-refractivity contribution in [3.63, 3.8) is 0 Å². The summed E-state index contributed by atoms with van der Waals surface area (Å²) in [5.41, 5.74) is 19.8. The van der Waals surface area contributed by atoms with Crippen LogP contribution in [-0.2, 0) is 5.41 Å². The summed E-state index contributed by atoms with van der Waals surface area (Å²) in [6.07, 6.45) is 0. The van der Waals surface area contributed by atoms with Crippen LogP contribution in [-0.4, -0.2) is 0 Å². The lowest BCUT2D eigenvalue weighted by Crippen LogP contribution is -2.28. The van der Waals surface area contributed by atoms with Crippen molar-refractivity contribution in [2.24, 2.45) is 0 Å². The van der Waals surface area contributed by atoms with Gasteiger partial charge in [0.05, 0.1) is 5.41 Å². The van der Waals surface area contributed by atoms with Crippen LogP contribution in [0.4, 0.5) is 17.1 Å². The second kappa shape index (κ2) is 15.9. The molecule has 11 rings (SSSR count). The predicted octanol–water partition coefficient (Wildman–Crippen LogP) is 16.2. The van der Waals surface area contributed by atoms with E-state index in [4.69, 9.17) is 0 Å². The molecule has 0 N–H and O–H groups in total. The highest BCUT2D eigenvalue weighted by Crippen LogP contribution is 2.58. The first-order valence-electron chi connectivity index (χ1n) is 21.4. The number of nitrogens with zero attached hydrogens (tertiary/aromatic N) is 1. The van der Waals surface area contributed by atoms with Crippen LogP contribution < -0.4 is 4.90 Å². The zero-order chi connectivity index (χ0) is 41.3. The van der Waals surface area contributed by atoms with Gasteiger partial charge in [-0.3, -0.25) is 0 Å². The summed E-state index contributed by atoms with van der Waals surface area (Å²) < 4.78 is 0. The fourth-order valence-corrected chi connectivity index (χ4v) is 9.72. The second-order valence-corrected chi connectivity index (χ2v) is 16.0. The molecule has 292 valence electrons. The van der Waals surface area contributed by atoms with Gasteiger partial charge < -0.3 is 4.90 Å². The average molecular weight is 790 g/mol. The third-order valence-corrected chi connectivity index (χ3v) is 12.6. The largest absolute Gasteiger partial charge is 0.310 e. The number of fused-ring (bicyclic) bond motifs is 3. The van der Waals surface area contributed by atoms with Gasteiger partial charge in [0, 0.05) is 17.1 Å². The molecule has 1 aliphatic carbocycles. The number of benzene rings is 10. The average Bonchev–Trinajstić information content (AvgIpc) is 3.65. The van der Waals surface area contributed by atoms with Crippen LogP contribution in [0.15, 0.2) is 261 Å². The van der Waals surface area contributed by atoms with Gasteiger partial charge >= 0.3 is 0 Å². The minimum atomic E-state index is -0.602. The number of hydrogen-bond donors (Lipinski definition) is 0. The summed E-state index contributed by atoms with van der Waals surface area (Å²) in [5, 5.41) is 0. The van der Waals surface area contributed by atoms with Crippen LogP contribution >= 0.6 is 0 Å². The van der Waals surface area contributed by atoms with E-state index < -0.39 is 5.41 Å². The van der Waals surface area contributed by atoms with Gasteiger partial charge in [-0.25, -0.2) is 0 Å². The molecule has 0 saturated heterocycles. The first kappa shape index (κ1) is 37.0. The lowest BCUT2D eigenvalue weighted by molar-refractivity contribution is 0.768. The molecule has 0 aliphatic heterocycles. The van der Waals surface area contributed by atoms with Crippen LogP contribution in [0.5, 0.6) is 0 Å². The maximum Gasteiger partial charge on any atom is 0.0714 e. The zero-order valence-electron chi connectivity index (χ0n) is 34.3. The molecule has 0 amide bonds.